The number of hydrogen-bond acceptors (Lipinski definition) is 6. The van der Waals surface area contributed by atoms with Crippen LogP contribution in [0.3, 0.4) is 0 Å². The van der Waals surface area contributed by atoms with Crippen molar-refractivity contribution in [2.75, 3.05) is 18.1 Å². The number of phenolic OH excluding ortho intramolecular Hbond substituents is 1. The summed E-state index contributed by atoms with van der Waals surface area (Å²) in [6.45, 7) is 2.72. The van der Waals surface area contributed by atoms with E-state index in [-0.39, 0.29) is 24.2 Å². The summed E-state index contributed by atoms with van der Waals surface area (Å²) in [5, 5.41) is 14.4. The van der Waals surface area contributed by atoms with Crippen LogP contribution in [-0.4, -0.2) is 38.8 Å². The molecule has 3 aromatic rings. The van der Waals surface area contributed by atoms with E-state index in [1.165, 1.54) is 28.9 Å². The molecule has 1 saturated heterocycles. The van der Waals surface area contributed by atoms with Crippen LogP contribution in [0.5, 0.6) is 5.75 Å². The van der Waals surface area contributed by atoms with E-state index in [0.717, 1.165) is 19.3 Å². The van der Waals surface area contributed by atoms with Crippen LogP contribution in [0.4, 0.5) is 10.2 Å². The number of rotatable bonds is 4. The van der Waals surface area contributed by atoms with E-state index in [4.69, 9.17) is 4.74 Å². The van der Waals surface area contributed by atoms with Crippen molar-refractivity contribution in [1.82, 2.24) is 14.6 Å². The fourth-order valence-corrected chi connectivity index (χ4v) is 3.69. The Morgan fingerprint density at radius 2 is 2.21 bits per heavy atom. The lowest BCUT2D eigenvalue weighted by Crippen LogP contribution is -2.34. The van der Waals surface area contributed by atoms with Crippen molar-refractivity contribution in [3.63, 3.8) is 0 Å². The van der Waals surface area contributed by atoms with Crippen LogP contribution in [-0.2, 0) is 4.74 Å². The molecule has 0 saturated carbocycles. The Labute approximate surface area is 161 Å². The van der Waals surface area contributed by atoms with Gasteiger partial charge in [0.1, 0.15) is 22.9 Å². The number of anilines is 1. The van der Waals surface area contributed by atoms with Crippen LogP contribution >= 0.6 is 0 Å². The summed E-state index contributed by atoms with van der Waals surface area (Å²) in [6, 6.07) is 5.61. The molecule has 0 bridgehead atoms. The fourth-order valence-electron chi connectivity index (χ4n) is 3.69. The first-order valence-electron chi connectivity index (χ1n) is 9.35. The molecular formula is C20H21FN4O3. The Morgan fingerprint density at radius 3 is 3.04 bits per heavy atom. The predicted octanol–water partition coefficient (Wildman–Crippen LogP) is 3.48. The molecule has 0 radical (unpaired) electrons. The number of carbonyl (C=O) groups excluding carboxylic acids is 1. The predicted molar refractivity (Wildman–Crippen MR) is 101 cm³/mol. The van der Waals surface area contributed by atoms with Gasteiger partial charge in [-0.3, -0.25) is 0 Å². The van der Waals surface area contributed by atoms with Gasteiger partial charge >= 0.3 is 5.97 Å². The number of aromatic hydroxyl groups is 1. The average molecular weight is 384 g/mol. The van der Waals surface area contributed by atoms with Crippen LogP contribution in [0.25, 0.3) is 5.65 Å². The van der Waals surface area contributed by atoms with E-state index in [2.05, 4.69) is 10.1 Å². The molecule has 1 N–H and O–H groups in total. The number of piperidine rings is 1. The first-order chi connectivity index (χ1) is 13.6. The first kappa shape index (κ1) is 18.2. The van der Waals surface area contributed by atoms with Gasteiger partial charge in [0.15, 0.2) is 5.65 Å². The minimum absolute atomic E-state index is 0.0657. The van der Waals surface area contributed by atoms with Crippen LogP contribution in [0.1, 0.15) is 48.1 Å². The van der Waals surface area contributed by atoms with Gasteiger partial charge in [-0.1, -0.05) is 0 Å². The Bertz CT molecular complexity index is 1020. The van der Waals surface area contributed by atoms with E-state index >= 15 is 0 Å². The smallest absolute Gasteiger partial charge is 0.343 e. The number of carbonyl (C=O) groups is 1. The van der Waals surface area contributed by atoms with Gasteiger partial charge < -0.3 is 14.7 Å². The molecule has 4 rings (SSSR count). The zero-order chi connectivity index (χ0) is 19.7. The molecule has 1 unspecified atom stereocenters. The van der Waals surface area contributed by atoms with Gasteiger partial charge in [-0.2, -0.15) is 5.10 Å². The second-order valence-electron chi connectivity index (χ2n) is 6.74. The number of halogens is 1. The topological polar surface area (TPSA) is 80.0 Å². The molecular weight excluding hydrogens is 363 g/mol. The summed E-state index contributed by atoms with van der Waals surface area (Å²) in [7, 11) is 0. The van der Waals surface area contributed by atoms with Crippen molar-refractivity contribution >= 4 is 17.4 Å². The number of fused-ring (bicyclic) bond motifs is 1. The molecule has 1 aliphatic heterocycles. The second kappa shape index (κ2) is 7.46. The molecule has 2 aromatic heterocycles. The third kappa shape index (κ3) is 3.26. The number of aromatic nitrogens is 3. The molecule has 0 spiro atoms. The van der Waals surface area contributed by atoms with Gasteiger partial charge in [-0.25, -0.2) is 18.7 Å². The maximum Gasteiger partial charge on any atom is 0.343 e. The van der Waals surface area contributed by atoms with Crippen molar-refractivity contribution in [3.8, 4) is 5.75 Å². The van der Waals surface area contributed by atoms with Crippen molar-refractivity contribution < 1.29 is 19.0 Å². The van der Waals surface area contributed by atoms with E-state index in [9.17, 15) is 14.3 Å². The van der Waals surface area contributed by atoms with Crippen molar-refractivity contribution in [3.05, 3.63) is 53.6 Å². The number of hydrogen-bond donors (Lipinski definition) is 1. The molecule has 3 heterocycles. The third-order valence-corrected chi connectivity index (χ3v) is 5.00. The highest BCUT2D eigenvalue weighted by Gasteiger charge is 2.28. The SMILES string of the molecule is CCOC(=O)c1cnn2ccc(N3CCCCC3c3cc(F)ccc3O)nc12. The zero-order valence-electron chi connectivity index (χ0n) is 15.5. The lowest BCUT2D eigenvalue weighted by Gasteiger charge is -2.37. The highest BCUT2D eigenvalue weighted by atomic mass is 19.1. The minimum Gasteiger partial charge on any atom is -0.508 e. The number of esters is 1. The molecule has 1 fully saturated rings. The van der Waals surface area contributed by atoms with Crippen LogP contribution in [0, 0.1) is 5.82 Å². The zero-order valence-corrected chi connectivity index (χ0v) is 15.5. The maximum absolute atomic E-state index is 13.8. The first-order valence-corrected chi connectivity index (χ1v) is 9.35. The quantitative estimate of drug-likeness (QED) is 0.694. The van der Waals surface area contributed by atoms with E-state index in [1.54, 1.807) is 13.1 Å². The molecule has 1 aliphatic rings. The van der Waals surface area contributed by atoms with Gasteiger partial charge in [-0.05, 0) is 50.5 Å². The summed E-state index contributed by atoms with van der Waals surface area (Å²) < 4.78 is 20.4. The summed E-state index contributed by atoms with van der Waals surface area (Å²) >= 11 is 0. The maximum atomic E-state index is 13.8. The molecule has 8 heteroatoms. The van der Waals surface area contributed by atoms with Crippen molar-refractivity contribution in [2.45, 2.75) is 32.2 Å². The summed E-state index contributed by atoms with van der Waals surface area (Å²) in [4.78, 5) is 18.9. The van der Waals surface area contributed by atoms with Gasteiger partial charge in [0.05, 0.1) is 18.8 Å². The molecule has 7 nitrogen and oxygen atoms in total. The largest absolute Gasteiger partial charge is 0.508 e. The minimum atomic E-state index is -0.472. The molecule has 1 atom stereocenters. The number of ether oxygens (including phenoxy) is 1. The van der Waals surface area contributed by atoms with Crippen molar-refractivity contribution in [2.24, 2.45) is 0 Å². The molecule has 146 valence electrons. The second-order valence-corrected chi connectivity index (χ2v) is 6.74. The number of benzene rings is 1. The Kier molecular flexibility index (Phi) is 4.85. The van der Waals surface area contributed by atoms with Crippen LogP contribution < -0.4 is 4.90 Å². The summed E-state index contributed by atoms with van der Waals surface area (Å²) in [5.41, 5.74) is 1.25. The number of phenols is 1. The van der Waals surface area contributed by atoms with Crippen LogP contribution in [0.2, 0.25) is 0 Å². The van der Waals surface area contributed by atoms with Gasteiger partial charge in [0, 0.05) is 18.3 Å². The van der Waals surface area contributed by atoms with E-state index in [1.807, 2.05) is 11.0 Å². The summed E-state index contributed by atoms with van der Waals surface area (Å²) in [5.74, 6) is -0.148. The Hall–Kier alpha value is -3.16. The molecule has 1 aromatic carbocycles. The van der Waals surface area contributed by atoms with Crippen molar-refractivity contribution in [1.29, 1.82) is 0 Å². The highest BCUT2D eigenvalue weighted by molar-refractivity contribution is 5.95. The third-order valence-electron chi connectivity index (χ3n) is 5.00. The van der Waals surface area contributed by atoms with Gasteiger partial charge in [0.25, 0.3) is 0 Å². The molecule has 28 heavy (non-hydrogen) atoms. The summed E-state index contributed by atoms with van der Waals surface area (Å²) in [6.07, 6.45) is 5.88. The van der Waals surface area contributed by atoms with Crippen LogP contribution in [0.15, 0.2) is 36.7 Å². The van der Waals surface area contributed by atoms with Gasteiger partial charge in [-0.15, -0.1) is 0 Å². The standard InChI is InChI=1S/C20H21FN4O3/c1-2-28-20(27)15-12-22-25-10-8-18(23-19(15)25)24-9-4-3-5-16(24)14-11-13(21)6-7-17(14)26/h6-8,10-12,16,26H,2-5,9H2,1H3. The monoisotopic (exact) mass is 384 g/mol. The van der Waals surface area contributed by atoms with Gasteiger partial charge in [0.2, 0.25) is 0 Å². The lowest BCUT2D eigenvalue weighted by molar-refractivity contribution is 0.0528. The Balaban J connectivity index is 1.75. The highest BCUT2D eigenvalue weighted by Crippen LogP contribution is 2.38. The molecule has 0 aliphatic carbocycles. The molecule has 0 amide bonds. The van der Waals surface area contributed by atoms with E-state index in [0.29, 0.717) is 29.1 Å². The Morgan fingerprint density at radius 1 is 1.36 bits per heavy atom. The lowest BCUT2D eigenvalue weighted by atomic mass is 9.94. The fraction of sp³-hybridized carbons (Fsp3) is 0.350. The van der Waals surface area contributed by atoms with E-state index < -0.39 is 5.97 Å². The normalized spacial score (nSPS) is 17.1. The number of nitrogens with zero attached hydrogens (tertiary/aromatic N) is 4. The average Bonchev–Trinajstić information content (AvgIpc) is 3.13.